The van der Waals surface area contributed by atoms with Crippen molar-refractivity contribution in [1.82, 2.24) is 14.1 Å². The number of aromatic nitrogens is 3. The molecule has 0 bridgehead atoms. The molecule has 0 radical (unpaired) electrons. The lowest BCUT2D eigenvalue weighted by Crippen LogP contribution is -2.30. The summed E-state index contributed by atoms with van der Waals surface area (Å²) in [4.78, 5) is 17.4. The highest BCUT2D eigenvalue weighted by Crippen LogP contribution is 2.32. The minimum Gasteiger partial charge on any atom is -0.340 e. The molecular weight excluding hydrogens is 274 g/mol. The van der Waals surface area contributed by atoms with Crippen molar-refractivity contribution in [1.29, 1.82) is 0 Å². The van der Waals surface area contributed by atoms with Gasteiger partial charge in [0.25, 0.3) is 0 Å². The number of benzene rings is 1. The maximum Gasteiger partial charge on any atom is 0.234 e. The lowest BCUT2D eigenvalue weighted by molar-refractivity contribution is 0.0808. The van der Waals surface area contributed by atoms with Gasteiger partial charge in [-0.3, -0.25) is 9.36 Å². The Hall–Kier alpha value is -2.36. The molecule has 2 aromatic heterocycles. The van der Waals surface area contributed by atoms with Crippen LogP contribution in [0.15, 0.2) is 36.8 Å². The number of aryl methyl sites for hydroxylation is 2. The minimum atomic E-state index is 0.0256. The molecule has 0 spiro atoms. The zero-order valence-corrected chi connectivity index (χ0v) is 12.9. The first-order valence-corrected chi connectivity index (χ1v) is 7.75. The fraction of sp³-hybridized carbons (Fsp3) is 0.333. The van der Waals surface area contributed by atoms with Crippen molar-refractivity contribution < 1.29 is 4.79 Å². The fourth-order valence-corrected chi connectivity index (χ4v) is 3.64. The van der Waals surface area contributed by atoms with Gasteiger partial charge in [0.2, 0.25) is 5.91 Å². The van der Waals surface area contributed by atoms with Crippen LogP contribution in [0.1, 0.15) is 28.2 Å². The van der Waals surface area contributed by atoms with Crippen LogP contribution in [-0.2, 0) is 19.9 Å². The summed E-state index contributed by atoms with van der Waals surface area (Å²) in [5.41, 5.74) is 4.48. The summed E-state index contributed by atoms with van der Waals surface area (Å²) in [6, 6.07) is 8.20. The maximum absolute atomic E-state index is 13.0. The van der Waals surface area contributed by atoms with E-state index in [1.54, 1.807) is 6.33 Å². The van der Waals surface area contributed by atoms with Crippen molar-refractivity contribution in [3.05, 3.63) is 53.7 Å². The molecule has 4 nitrogen and oxygen atoms in total. The molecule has 0 saturated carbocycles. The molecule has 4 heteroatoms. The average Bonchev–Trinajstić information content (AvgIpc) is 3.05. The largest absolute Gasteiger partial charge is 0.340 e. The van der Waals surface area contributed by atoms with Crippen LogP contribution in [-0.4, -0.2) is 20.0 Å². The predicted octanol–water partition coefficient (Wildman–Crippen LogP) is 3.13. The van der Waals surface area contributed by atoms with Crippen LogP contribution in [0.5, 0.6) is 0 Å². The quantitative estimate of drug-likeness (QED) is 0.728. The van der Waals surface area contributed by atoms with E-state index in [1.165, 1.54) is 16.6 Å². The Labute approximate surface area is 129 Å². The molecule has 1 unspecified atom stereocenters. The molecule has 3 aromatic rings. The monoisotopic (exact) mass is 293 g/mol. The van der Waals surface area contributed by atoms with Gasteiger partial charge >= 0.3 is 0 Å². The average molecular weight is 293 g/mol. The zero-order valence-electron chi connectivity index (χ0n) is 12.9. The first kappa shape index (κ1) is 13.3. The number of nitrogens with zero attached hydrogens (tertiary/aromatic N) is 3. The molecule has 0 saturated heterocycles. The fourth-order valence-electron chi connectivity index (χ4n) is 3.64. The van der Waals surface area contributed by atoms with Gasteiger partial charge in [-0.2, -0.15) is 0 Å². The van der Waals surface area contributed by atoms with Crippen molar-refractivity contribution in [2.24, 2.45) is 13.0 Å². The number of hydrogen-bond acceptors (Lipinski definition) is 2. The van der Waals surface area contributed by atoms with E-state index in [9.17, 15) is 4.79 Å². The molecule has 0 N–H and O–H groups in total. The van der Waals surface area contributed by atoms with E-state index >= 15 is 0 Å². The molecule has 22 heavy (non-hydrogen) atoms. The second-order valence-corrected chi connectivity index (χ2v) is 6.23. The van der Waals surface area contributed by atoms with E-state index in [0.29, 0.717) is 0 Å². The summed E-state index contributed by atoms with van der Waals surface area (Å²) < 4.78 is 3.88. The van der Waals surface area contributed by atoms with Gasteiger partial charge < -0.3 is 4.57 Å². The van der Waals surface area contributed by atoms with E-state index < -0.39 is 0 Å². The third-order valence-electron chi connectivity index (χ3n) is 4.76. The molecule has 0 fully saturated rings. The number of para-hydroxylation sites is 1. The smallest absolute Gasteiger partial charge is 0.234 e. The molecule has 0 amide bonds. The molecule has 1 atom stereocenters. The van der Waals surface area contributed by atoms with Crippen LogP contribution in [0.25, 0.3) is 10.9 Å². The first-order chi connectivity index (χ1) is 10.6. The number of carbonyl (C=O) groups is 1. The Balaban J connectivity index is 1.75. The van der Waals surface area contributed by atoms with Gasteiger partial charge in [-0.25, -0.2) is 4.98 Å². The van der Waals surface area contributed by atoms with Gasteiger partial charge in [0.15, 0.2) is 0 Å². The second kappa shape index (κ2) is 4.83. The number of imidazole rings is 1. The van der Waals surface area contributed by atoms with Crippen LogP contribution in [0, 0.1) is 12.8 Å². The highest BCUT2D eigenvalue weighted by Gasteiger charge is 2.30. The highest BCUT2D eigenvalue weighted by atomic mass is 16.2. The van der Waals surface area contributed by atoms with Crippen LogP contribution < -0.4 is 0 Å². The molecule has 3 heterocycles. The summed E-state index contributed by atoms with van der Waals surface area (Å²) in [7, 11) is 1.96. The van der Waals surface area contributed by atoms with Crippen molar-refractivity contribution in [3.8, 4) is 0 Å². The van der Waals surface area contributed by atoms with Crippen molar-refractivity contribution in [3.63, 3.8) is 0 Å². The Morgan fingerprint density at radius 3 is 2.91 bits per heavy atom. The topological polar surface area (TPSA) is 39.8 Å². The summed E-state index contributed by atoms with van der Waals surface area (Å²) in [6.07, 6.45) is 6.39. The SMILES string of the molecule is Cc1c2n(c3ccccc13)C(=O)C(Cc1cn(C)cn1)CC2. The second-order valence-electron chi connectivity index (χ2n) is 6.23. The van der Waals surface area contributed by atoms with Crippen LogP contribution in [0.3, 0.4) is 0 Å². The van der Waals surface area contributed by atoms with Crippen molar-refractivity contribution in [2.75, 3.05) is 0 Å². The summed E-state index contributed by atoms with van der Waals surface area (Å²) in [6.45, 7) is 2.13. The van der Waals surface area contributed by atoms with E-state index in [4.69, 9.17) is 0 Å². The first-order valence-electron chi connectivity index (χ1n) is 7.75. The van der Waals surface area contributed by atoms with Crippen molar-refractivity contribution in [2.45, 2.75) is 26.2 Å². The lowest BCUT2D eigenvalue weighted by Gasteiger charge is -2.23. The Morgan fingerprint density at radius 1 is 1.32 bits per heavy atom. The zero-order chi connectivity index (χ0) is 15.3. The van der Waals surface area contributed by atoms with Gasteiger partial charge in [-0.15, -0.1) is 0 Å². The van der Waals surface area contributed by atoms with Crippen LogP contribution in [0.2, 0.25) is 0 Å². The van der Waals surface area contributed by atoms with Gasteiger partial charge in [0, 0.05) is 36.7 Å². The summed E-state index contributed by atoms with van der Waals surface area (Å²) >= 11 is 0. The molecule has 112 valence electrons. The number of fused-ring (bicyclic) bond motifs is 3. The number of rotatable bonds is 2. The standard InChI is InChI=1S/C18H19N3O/c1-12-15-5-3-4-6-17(15)21-16(12)8-7-13(18(21)22)9-14-10-20(2)11-19-14/h3-6,10-11,13H,7-9H2,1-2H3. The molecule has 1 aliphatic rings. The molecule has 1 aromatic carbocycles. The Bertz CT molecular complexity index is 872. The van der Waals surface area contributed by atoms with E-state index in [-0.39, 0.29) is 11.8 Å². The number of carbonyl (C=O) groups excluding carboxylic acids is 1. The van der Waals surface area contributed by atoms with Gasteiger partial charge in [-0.1, -0.05) is 18.2 Å². The predicted molar refractivity (Wildman–Crippen MR) is 86.0 cm³/mol. The third-order valence-corrected chi connectivity index (χ3v) is 4.76. The Morgan fingerprint density at radius 2 is 2.14 bits per heavy atom. The highest BCUT2D eigenvalue weighted by molar-refractivity contribution is 5.97. The van der Waals surface area contributed by atoms with Crippen LogP contribution in [0.4, 0.5) is 0 Å². The van der Waals surface area contributed by atoms with Crippen molar-refractivity contribution >= 4 is 16.8 Å². The summed E-state index contributed by atoms with van der Waals surface area (Å²) in [5.74, 6) is 0.244. The minimum absolute atomic E-state index is 0.0256. The lowest BCUT2D eigenvalue weighted by atomic mass is 9.92. The normalized spacial score (nSPS) is 17.9. The van der Waals surface area contributed by atoms with Gasteiger partial charge in [0.05, 0.1) is 17.5 Å². The van der Waals surface area contributed by atoms with E-state index in [0.717, 1.165) is 30.5 Å². The van der Waals surface area contributed by atoms with Gasteiger partial charge in [-0.05, 0) is 31.4 Å². The Kier molecular flexibility index (Phi) is 2.93. The van der Waals surface area contributed by atoms with Gasteiger partial charge in [0.1, 0.15) is 0 Å². The summed E-state index contributed by atoms with van der Waals surface area (Å²) in [5, 5.41) is 1.20. The molecule has 4 rings (SSSR count). The third kappa shape index (κ3) is 1.90. The molecule has 0 aliphatic carbocycles. The maximum atomic E-state index is 13.0. The molecular formula is C18H19N3O. The van der Waals surface area contributed by atoms with E-state index in [2.05, 4.69) is 18.0 Å². The molecule has 1 aliphatic heterocycles. The van der Waals surface area contributed by atoms with Crippen LogP contribution >= 0.6 is 0 Å². The number of hydrogen-bond donors (Lipinski definition) is 0. The van der Waals surface area contributed by atoms with E-state index in [1.807, 2.05) is 40.6 Å².